The summed E-state index contributed by atoms with van der Waals surface area (Å²) in [6, 6.07) is 11.2. The van der Waals surface area contributed by atoms with Crippen molar-refractivity contribution in [3.63, 3.8) is 0 Å². The number of hydrogen-bond acceptors (Lipinski definition) is 3. The van der Waals surface area contributed by atoms with E-state index in [1.54, 1.807) is 0 Å². The molecule has 0 bridgehead atoms. The van der Waals surface area contributed by atoms with E-state index in [0.29, 0.717) is 12.0 Å². The Hall–Kier alpha value is -0.900. The van der Waals surface area contributed by atoms with Crippen LogP contribution >= 0.6 is 11.3 Å². The second-order valence-electron chi connectivity index (χ2n) is 6.51. The zero-order chi connectivity index (χ0) is 14.1. The van der Waals surface area contributed by atoms with Crippen LogP contribution in [0.5, 0.6) is 0 Å². The van der Waals surface area contributed by atoms with Gasteiger partial charge in [-0.15, -0.1) is 11.3 Å². The normalized spacial score (nSPS) is 28.6. The molecule has 2 nitrogen and oxygen atoms in total. The van der Waals surface area contributed by atoms with Crippen molar-refractivity contribution in [3.8, 4) is 0 Å². The van der Waals surface area contributed by atoms with Gasteiger partial charge in [0.05, 0.1) is 6.04 Å². The van der Waals surface area contributed by atoms with Crippen LogP contribution in [0.4, 0.5) is 0 Å². The molecule has 0 saturated heterocycles. The molecule has 1 aliphatic rings. The Labute approximate surface area is 125 Å². The minimum atomic E-state index is 0.303. The van der Waals surface area contributed by atoms with E-state index < -0.39 is 0 Å². The van der Waals surface area contributed by atoms with Crippen molar-refractivity contribution in [1.29, 1.82) is 0 Å². The average molecular weight is 288 g/mol. The van der Waals surface area contributed by atoms with E-state index in [9.17, 15) is 0 Å². The minimum Gasteiger partial charge on any atom is -0.271 e. The van der Waals surface area contributed by atoms with Crippen molar-refractivity contribution < 1.29 is 0 Å². The molecule has 1 aromatic heterocycles. The zero-order valence-corrected chi connectivity index (χ0v) is 13.1. The van der Waals surface area contributed by atoms with Crippen LogP contribution in [0.2, 0.25) is 0 Å². The maximum absolute atomic E-state index is 5.91. The Morgan fingerprint density at radius 1 is 1.15 bits per heavy atom. The van der Waals surface area contributed by atoms with Gasteiger partial charge in [0.1, 0.15) is 0 Å². The van der Waals surface area contributed by atoms with Crippen LogP contribution in [0.25, 0.3) is 10.1 Å². The molecular formula is C17H24N2S. The van der Waals surface area contributed by atoms with E-state index >= 15 is 0 Å². The van der Waals surface area contributed by atoms with Crippen LogP contribution in [-0.4, -0.2) is 0 Å². The first kappa shape index (κ1) is 14.1. The van der Waals surface area contributed by atoms with Crippen LogP contribution in [0.1, 0.15) is 44.0 Å². The smallest absolute Gasteiger partial charge is 0.0582 e. The predicted octanol–water partition coefficient (Wildman–Crippen LogP) is 4.48. The molecule has 1 heterocycles. The molecule has 0 aliphatic heterocycles. The van der Waals surface area contributed by atoms with E-state index in [-0.39, 0.29) is 0 Å². The number of fused-ring (bicyclic) bond motifs is 1. The van der Waals surface area contributed by atoms with Gasteiger partial charge in [-0.25, -0.2) is 0 Å². The number of hydrogen-bond donors (Lipinski definition) is 2. The molecule has 20 heavy (non-hydrogen) atoms. The molecule has 3 atom stereocenters. The Balaban J connectivity index is 1.88. The van der Waals surface area contributed by atoms with Crippen LogP contribution in [0.15, 0.2) is 30.3 Å². The highest BCUT2D eigenvalue weighted by Crippen LogP contribution is 2.42. The molecule has 0 amide bonds. The third-order valence-corrected chi connectivity index (χ3v) is 5.82. The topological polar surface area (TPSA) is 38.0 Å². The summed E-state index contributed by atoms with van der Waals surface area (Å²) in [6.07, 6.45) is 3.93. The highest BCUT2D eigenvalue weighted by Gasteiger charge is 2.31. The fourth-order valence-corrected chi connectivity index (χ4v) is 5.11. The summed E-state index contributed by atoms with van der Waals surface area (Å²) in [5.41, 5.74) is 3.10. The van der Waals surface area contributed by atoms with E-state index in [2.05, 4.69) is 49.6 Å². The van der Waals surface area contributed by atoms with Gasteiger partial charge >= 0.3 is 0 Å². The van der Waals surface area contributed by atoms with Gasteiger partial charge in [-0.2, -0.15) is 0 Å². The summed E-state index contributed by atoms with van der Waals surface area (Å²) in [6.45, 7) is 4.75. The highest BCUT2D eigenvalue weighted by molar-refractivity contribution is 7.19. The molecule has 0 radical (unpaired) electrons. The molecule has 108 valence electrons. The fraction of sp³-hybridized carbons (Fsp3) is 0.529. The lowest BCUT2D eigenvalue weighted by Gasteiger charge is -2.35. The number of benzene rings is 1. The van der Waals surface area contributed by atoms with E-state index in [0.717, 1.165) is 11.8 Å². The van der Waals surface area contributed by atoms with Gasteiger partial charge in [0.25, 0.3) is 0 Å². The molecular weight excluding hydrogens is 264 g/mol. The van der Waals surface area contributed by atoms with Crippen LogP contribution in [-0.2, 0) is 0 Å². The van der Waals surface area contributed by atoms with Crippen molar-refractivity contribution in [3.05, 3.63) is 35.2 Å². The Morgan fingerprint density at radius 2 is 1.85 bits per heavy atom. The first-order valence-electron chi connectivity index (χ1n) is 7.62. The van der Waals surface area contributed by atoms with Crippen molar-refractivity contribution >= 4 is 21.4 Å². The molecule has 1 aromatic carbocycles. The number of nitrogens with two attached hydrogens (primary N) is 1. The van der Waals surface area contributed by atoms with Crippen LogP contribution in [0, 0.1) is 17.8 Å². The lowest BCUT2D eigenvalue weighted by molar-refractivity contribution is 0.178. The van der Waals surface area contributed by atoms with Gasteiger partial charge in [-0.1, -0.05) is 32.0 Å². The second-order valence-corrected chi connectivity index (χ2v) is 7.62. The molecule has 1 aliphatic carbocycles. The molecule has 3 unspecified atom stereocenters. The number of nitrogens with one attached hydrogen (secondary N) is 1. The van der Waals surface area contributed by atoms with Gasteiger partial charge in [0.15, 0.2) is 0 Å². The molecule has 3 N–H and O–H groups in total. The van der Waals surface area contributed by atoms with Crippen molar-refractivity contribution in [1.82, 2.24) is 5.43 Å². The minimum absolute atomic E-state index is 0.303. The van der Waals surface area contributed by atoms with Crippen molar-refractivity contribution in [2.45, 2.75) is 39.2 Å². The van der Waals surface area contributed by atoms with E-state index in [1.807, 2.05) is 11.3 Å². The molecule has 1 fully saturated rings. The van der Waals surface area contributed by atoms with Crippen molar-refractivity contribution in [2.24, 2.45) is 23.6 Å². The van der Waals surface area contributed by atoms with E-state index in [1.165, 1.54) is 34.2 Å². The second kappa shape index (κ2) is 5.84. The quantitative estimate of drug-likeness (QED) is 0.645. The summed E-state index contributed by atoms with van der Waals surface area (Å²) in [7, 11) is 0. The summed E-state index contributed by atoms with van der Waals surface area (Å²) < 4.78 is 1.36. The van der Waals surface area contributed by atoms with Crippen molar-refractivity contribution in [2.75, 3.05) is 0 Å². The SMILES string of the molecule is CC1CC(C)CC(C(NN)c2cc3ccccc3s2)C1. The van der Waals surface area contributed by atoms with Crippen LogP contribution < -0.4 is 11.3 Å². The Bertz CT molecular complexity index is 534. The maximum atomic E-state index is 5.91. The standard InChI is InChI=1S/C17H24N2S/c1-11-7-12(2)9-14(8-11)17(19-18)16-10-13-5-3-4-6-15(13)20-16/h3-6,10-12,14,17,19H,7-9,18H2,1-2H3. The number of rotatable bonds is 3. The van der Waals surface area contributed by atoms with Gasteiger partial charge in [-0.05, 0) is 54.5 Å². The van der Waals surface area contributed by atoms with E-state index in [4.69, 9.17) is 5.84 Å². The molecule has 0 spiro atoms. The van der Waals surface area contributed by atoms with Gasteiger partial charge < -0.3 is 0 Å². The lowest BCUT2D eigenvalue weighted by atomic mass is 9.73. The van der Waals surface area contributed by atoms with Crippen LogP contribution in [0.3, 0.4) is 0 Å². The number of hydrazine groups is 1. The molecule has 2 aromatic rings. The van der Waals surface area contributed by atoms with Gasteiger partial charge in [0.2, 0.25) is 0 Å². The maximum Gasteiger partial charge on any atom is 0.0582 e. The van der Waals surface area contributed by atoms with Gasteiger partial charge in [0, 0.05) is 9.58 Å². The molecule has 1 saturated carbocycles. The highest BCUT2D eigenvalue weighted by atomic mass is 32.1. The first-order chi connectivity index (χ1) is 9.67. The first-order valence-corrected chi connectivity index (χ1v) is 8.43. The molecule has 3 rings (SSSR count). The Morgan fingerprint density at radius 3 is 2.50 bits per heavy atom. The Kier molecular flexibility index (Phi) is 4.11. The number of thiophene rings is 1. The zero-order valence-electron chi connectivity index (χ0n) is 12.3. The van der Waals surface area contributed by atoms with Gasteiger partial charge in [-0.3, -0.25) is 11.3 Å². The summed E-state index contributed by atoms with van der Waals surface area (Å²) in [5, 5.41) is 1.34. The largest absolute Gasteiger partial charge is 0.271 e. The lowest BCUT2D eigenvalue weighted by Crippen LogP contribution is -2.36. The predicted molar refractivity (Wildman–Crippen MR) is 87.6 cm³/mol. The summed E-state index contributed by atoms with van der Waals surface area (Å²) in [5.74, 6) is 8.19. The third-order valence-electron chi connectivity index (χ3n) is 4.62. The average Bonchev–Trinajstić information content (AvgIpc) is 2.81. The fourth-order valence-electron chi connectivity index (χ4n) is 3.89. The third kappa shape index (κ3) is 2.76. The monoisotopic (exact) mass is 288 g/mol. The summed E-state index contributed by atoms with van der Waals surface area (Å²) >= 11 is 1.88. The summed E-state index contributed by atoms with van der Waals surface area (Å²) in [4.78, 5) is 1.39. The molecule has 3 heteroatoms.